The number of ether oxygens (including phenoxy) is 1. The molecule has 0 radical (unpaired) electrons. The molecule has 2 aromatic rings. The number of ketones is 1. The van der Waals surface area contributed by atoms with Gasteiger partial charge in [0.2, 0.25) is 0 Å². The number of benzene rings is 2. The van der Waals surface area contributed by atoms with Crippen molar-refractivity contribution in [3.8, 4) is 16.9 Å². The summed E-state index contributed by atoms with van der Waals surface area (Å²) in [5, 5.41) is 0.682. The Hall–Kier alpha value is -1.80. The summed E-state index contributed by atoms with van der Waals surface area (Å²) in [4.78, 5) is 11.3. The molecule has 25 heavy (non-hydrogen) atoms. The van der Waals surface area contributed by atoms with E-state index in [9.17, 15) is 4.79 Å². The third-order valence-electron chi connectivity index (χ3n) is 4.78. The first-order chi connectivity index (χ1) is 11.9. The topological polar surface area (TPSA) is 26.3 Å². The third-order valence-corrected chi connectivity index (χ3v) is 5.00. The van der Waals surface area contributed by atoms with Crippen LogP contribution in [0.3, 0.4) is 0 Å². The van der Waals surface area contributed by atoms with Gasteiger partial charge in [0, 0.05) is 10.9 Å². The van der Waals surface area contributed by atoms with Gasteiger partial charge in [0.15, 0.2) is 0 Å². The summed E-state index contributed by atoms with van der Waals surface area (Å²) in [7, 11) is 0. The van der Waals surface area contributed by atoms with Crippen molar-refractivity contribution in [2.45, 2.75) is 46.1 Å². The van der Waals surface area contributed by atoms with Crippen LogP contribution in [0.15, 0.2) is 42.5 Å². The van der Waals surface area contributed by atoms with Crippen molar-refractivity contribution in [2.75, 3.05) is 0 Å². The van der Waals surface area contributed by atoms with Crippen molar-refractivity contribution in [1.82, 2.24) is 0 Å². The van der Waals surface area contributed by atoms with Gasteiger partial charge >= 0.3 is 0 Å². The van der Waals surface area contributed by atoms with Crippen LogP contribution in [0.2, 0.25) is 5.02 Å². The second-order valence-corrected chi connectivity index (χ2v) is 7.73. The van der Waals surface area contributed by atoms with Gasteiger partial charge in [-0.2, -0.15) is 0 Å². The number of Topliss-reactive ketones (excluding diaryl/α,β-unsaturated/α-hetero) is 1. The molecule has 0 spiro atoms. The van der Waals surface area contributed by atoms with E-state index < -0.39 is 0 Å². The van der Waals surface area contributed by atoms with E-state index in [1.54, 1.807) is 6.92 Å². The number of hydrogen-bond donors (Lipinski definition) is 0. The first-order valence-electron chi connectivity index (χ1n) is 8.99. The van der Waals surface area contributed by atoms with Gasteiger partial charge in [-0.25, -0.2) is 0 Å². The van der Waals surface area contributed by atoms with Gasteiger partial charge < -0.3 is 4.74 Å². The highest BCUT2D eigenvalue weighted by Gasteiger charge is 2.39. The quantitative estimate of drug-likeness (QED) is 0.612. The number of halogens is 1. The Labute approximate surface area is 155 Å². The highest BCUT2D eigenvalue weighted by Crippen LogP contribution is 2.42. The van der Waals surface area contributed by atoms with Gasteiger partial charge in [0.1, 0.15) is 11.5 Å². The molecule has 1 aliphatic rings. The molecule has 1 saturated carbocycles. The molecule has 132 valence electrons. The summed E-state index contributed by atoms with van der Waals surface area (Å²) in [5.74, 6) is 2.07. The van der Waals surface area contributed by atoms with Gasteiger partial charge in [-0.3, -0.25) is 4.79 Å². The van der Waals surface area contributed by atoms with E-state index in [1.165, 1.54) is 5.56 Å². The first-order valence-corrected chi connectivity index (χ1v) is 9.37. The maximum atomic E-state index is 11.3. The Morgan fingerprint density at radius 2 is 1.88 bits per heavy atom. The fourth-order valence-corrected chi connectivity index (χ4v) is 3.58. The summed E-state index contributed by atoms with van der Waals surface area (Å²) in [6.45, 7) is 5.72. The molecule has 0 N–H and O–H groups in total. The monoisotopic (exact) mass is 356 g/mol. The highest BCUT2D eigenvalue weighted by atomic mass is 35.5. The molecule has 1 aliphatic carbocycles. The Morgan fingerprint density at radius 1 is 1.16 bits per heavy atom. The molecule has 2 aromatic carbocycles. The number of hydrogen-bond acceptors (Lipinski definition) is 2. The zero-order valence-electron chi connectivity index (χ0n) is 15.1. The maximum absolute atomic E-state index is 11.3. The molecular weight excluding hydrogens is 332 g/mol. The maximum Gasteiger partial charge on any atom is 0.133 e. The lowest BCUT2D eigenvalue weighted by Gasteiger charge is -2.12. The lowest BCUT2D eigenvalue weighted by molar-refractivity contribution is -0.118. The Kier molecular flexibility index (Phi) is 5.48. The minimum atomic E-state index is 0.120. The molecule has 2 unspecified atom stereocenters. The molecule has 0 amide bonds. The van der Waals surface area contributed by atoms with Crippen molar-refractivity contribution >= 4 is 17.4 Å². The average Bonchev–Trinajstić information content (AvgIpc) is 3.32. The van der Waals surface area contributed by atoms with Crippen molar-refractivity contribution < 1.29 is 9.53 Å². The van der Waals surface area contributed by atoms with Crippen molar-refractivity contribution in [2.24, 2.45) is 11.8 Å². The van der Waals surface area contributed by atoms with E-state index in [2.05, 4.69) is 24.3 Å². The predicted molar refractivity (Wildman–Crippen MR) is 103 cm³/mol. The van der Waals surface area contributed by atoms with E-state index in [1.807, 2.05) is 32.0 Å². The zero-order valence-corrected chi connectivity index (χ0v) is 15.8. The van der Waals surface area contributed by atoms with Gasteiger partial charge in [0.05, 0.1) is 6.10 Å². The minimum absolute atomic E-state index is 0.120. The molecule has 0 bridgehead atoms. The zero-order chi connectivity index (χ0) is 18.0. The molecular formula is C22H25ClO2. The molecule has 0 saturated heterocycles. The van der Waals surface area contributed by atoms with Crippen LogP contribution < -0.4 is 4.74 Å². The van der Waals surface area contributed by atoms with E-state index in [4.69, 9.17) is 16.3 Å². The molecule has 2 nitrogen and oxygen atoms in total. The van der Waals surface area contributed by atoms with E-state index >= 15 is 0 Å². The van der Waals surface area contributed by atoms with Crippen LogP contribution >= 0.6 is 11.6 Å². The fraction of sp³-hybridized carbons (Fsp3) is 0.409. The second kappa shape index (κ2) is 7.61. The Balaban J connectivity index is 1.66. The molecule has 0 aromatic heterocycles. The molecule has 2 atom stereocenters. The number of aryl methyl sites for hydroxylation is 1. The standard InChI is InChI=1S/C22H25ClO2/c1-14(2)25-21-11-19(10-20(23)13-21)17-7-4-16(5-8-17)6-9-18-12-22(18)15(3)24/h4-5,7-8,10-11,13-14,18,22H,6,9,12H2,1-3H3. The van der Waals surface area contributed by atoms with Gasteiger partial charge in [-0.15, -0.1) is 0 Å². The first kappa shape index (κ1) is 18.0. The summed E-state index contributed by atoms with van der Waals surface area (Å²) in [5.41, 5.74) is 3.51. The van der Waals surface area contributed by atoms with E-state index in [0.717, 1.165) is 36.1 Å². The number of rotatable bonds is 7. The lowest BCUT2D eigenvalue weighted by Crippen LogP contribution is -2.05. The second-order valence-electron chi connectivity index (χ2n) is 7.29. The molecule has 1 fully saturated rings. The SMILES string of the molecule is CC(=O)C1CC1CCc1ccc(-c2cc(Cl)cc(OC(C)C)c2)cc1. The molecule has 0 aliphatic heterocycles. The van der Waals surface area contributed by atoms with Gasteiger partial charge in [0.25, 0.3) is 0 Å². The normalized spacial score (nSPS) is 19.1. The third kappa shape index (κ3) is 4.85. The summed E-state index contributed by atoms with van der Waals surface area (Å²) >= 11 is 6.24. The summed E-state index contributed by atoms with van der Waals surface area (Å²) < 4.78 is 5.77. The lowest BCUT2D eigenvalue weighted by atomic mass is 10.0. The summed E-state index contributed by atoms with van der Waals surface area (Å²) in [6.07, 6.45) is 3.34. The van der Waals surface area contributed by atoms with Crippen LogP contribution in [0, 0.1) is 11.8 Å². The van der Waals surface area contributed by atoms with Crippen LogP contribution in [0.1, 0.15) is 39.2 Å². The van der Waals surface area contributed by atoms with Crippen LogP contribution in [-0.4, -0.2) is 11.9 Å². The number of carbonyl (C=O) groups is 1. The minimum Gasteiger partial charge on any atom is -0.491 e. The molecule has 3 rings (SSSR count). The largest absolute Gasteiger partial charge is 0.491 e. The average molecular weight is 357 g/mol. The predicted octanol–water partition coefficient (Wildman–Crippen LogP) is 5.95. The van der Waals surface area contributed by atoms with E-state index in [0.29, 0.717) is 22.6 Å². The fourth-order valence-electron chi connectivity index (χ4n) is 3.35. The van der Waals surface area contributed by atoms with Crippen molar-refractivity contribution in [1.29, 1.82) is 0 Å². The van der Waals surface area contributed by atoms with Crippen LogP contribution in [-0.2, 0) is 11.2 Å². The van der Waals surface area contributed by atoms with Gasteiger partial charge in [-0.1, -0.05) is 35.9 Å². The summed E-state index contributed by atoms with van der Waals surface area (Å²) in [6, 6.07) is 14.5. The highest BCUT2D eigenvalue weighted by molar-refractivity contribution is 6.31. The molecule has 0 heterocycles. The number of carbonyl (C=O) groups excluding carboxylic acids is 1. The molecule has 3 heteroatoms. The van der Waals surface area contributed by atoms with Crippen LogP contribution in [0.5, 0.6) is 5.75 Å². The van der Waals surface area contributed by atoms with E-state index in [-0.39, 0.29) is 6.10 Å². The Bertz CT molecular complexity index is 749. The van der Waals surface area contributed by atoms with Gasteiger partial charge in [-0.05, 0) is 80.8 Å². The Morgan fingerprint density at radius 3 is 2.48 bits per heavy atom. The van der Waals surface area contributed by atoms with Crippen LogP contribution in [0.4, 0.5) is 0 Å². The van der Waals surface area contributed by atoms with Crippen molar-refractivity contribution in [3.63, 3.8) is 0 Å². The smallest absolute Gasteiger partial charge is 0.133 e. The van der Waals surface area contributed by atoms with Crippen molar-refractivity contribution in [3.05, 3.63) is 53.1 Å². The van der Waals surface area contributed by atoms with Crippen LogP contribution in [0.25, 0.3) is 11.1 Å².